The van der Waals surface area contributed by atoms with Crippen LogP contribution in [0, 0.1) is 0 Å². The van der Waals surface area contributed by atoms with Crippen LogP contribution in [0.1, 0.15) is 13.3 Å². The fraction of sp³-hybridized carbons (Fsp3) is 0.833. The molecular weight excluding hydrogens is 134 g/mol. The molecule has 0 aromatic heterocycles. The van der Waals surface area contributed by atoms with Gasteiger partial charge in [-0.25, -0.2) is 4.79 Å². The Bertz CT molecular complexity index is 148. The molecule has 1 aliphatic rings. The van der Waals surface area contributed by atoms with Crippen LogP contribution in [-0.4, -0.2) is 39.9 Å². The molecule has 0 bridgehead atoms. The SMILES string of the molecule is C[C@@H]1[C@H](O)CCN1C(=O)O. The Hall–Kier alpha value is -0.770. The lowest BCUT2D eigenvalue weighted by Crippen LogP contribution is -2.36. The smallest absolute Gasteiger partial charge is 0.407 e. The number of nitrogens with zero attached hydrogens (tertiary/aromatic N) is 1. The van der Waals surface area contributed by atoms with Crippen molar-refractivity contribution in [1.29, 1.82) is 0 Å². The van der Waals surface area contributed by atoms with E-state index in [9.17, 15) is 4.79 Å². The molecule has 2 N–H and O–H groups in total. The van der Waals surface area contributed by atoms with E-state index in [1.807, 2.05) is 0 Å². The van der Waals surface area contributed by atoms with Gasteiger partial charge in [0.15, 0.2) is 0 Å². The summed E-state index contributed by atoms with van der Waals surface area (Å²) in [6, 6.07) is -0.238. The third kappa shape index (κ3) is 1.07. The minimum absolute atomic E-state index is 0.238. The summed E-state index contributed by atoms with van der Waals surface area (Å²) in [5.41, 5.74) is 0. The van der Waals surface area contributed by atoms with Gasteiger partial charge in [-0.3, -0.25) is 0 Å². The second-order valence-electron chi connectivity index (χ2n) is 2.57. The first-order valence-electron chi connectivity index (χ1n) is 3.30. The van der Waals surface area contributed by atoms with E-state index in [4.69, 9.17) is 10.2 Å². The molecule has 0 radical (unpaired) electrons. The lowest BCUT2D eigenvalue weighted by molar-refractivity contribution is 0.108. The van der Waals surface area contributed by atoms with E-state index in [2.05, 4.69) is 0 Å². The zero-order valence-electron chi connectivity index (χ0n) is 5.82. The van der Waals surface area contributed by atoms with Crippen molar-refractivity contribution in [3.63, 3.8) is 0 Å². The maximum Gasteiger partial charge on any atom is 0.407 e. The first-order chi connectivity index (χ1) is 4.63. The first kappa shape index (κ1) is 7.34. The molecule has 4 heteroatoms. The second-order valence-corrected chi connectivity index (χ2v) is 2.57. The zero-order chi connectivity index (χ0) is 7.72. The van der Waals surface area contributed by atoms with Crippen LogP contribution in [0.3, 0.4) is 0 Å². The Morgan fingerprint density at radius 2 is 2.30 bits per heavy atom. The summed E-state index contributed by atoms with van der Waals surface area (Å²) in [4.78, 5) is 11.6. The Morgan fingerprint density at radius 1 is 1.70 bits per heavy atom. The third-order valence-corrected chi connectivity index (χ3v) is 1.96. The Labute approximate surface area is 59.1 Å². The predicted octanol–water partition coefficient (Wildman–Crippen LogP) is 0.120. The maximum atomic E-state index is 10.4. The largest absolute Gasteiger partial charge is 0.465 e. The Kier molecular flexibility index (Phi) is 1.80. The molecule has 58 valence electrons. The normalized spacial score (nSPS) is 32.8. The molecule has 1 aliphatic heterocycles. The van der Waals surface area contributed by atoms with Crippen LogP contribution in [0.2, 0.25) is 0 Å². The van der Waals surface area contributed by atoms with Crippen molar-refractivity contribution in [1.82, 2.24) is 4.90 Å². The van der Waals surface area contributed by atoms with Gasteiger partial charge in [0.1, 0.15) is 0 Å². The molecule has 1 fully saturated rings. The van der Waals surface area contributed by atoms with Gasteiger partial charge in [0.2, 0.25) is 0 Å². The molecule has 0 unspecified atom stereocenters. The van der Waals surface area contributed by atoms with Crippen molar-refractivity contribution in [2.45, 2.75) is 25.5 Å². The second kappa shape index (κ2) is 2.46. The Balaban J connectivity index is 2.57. The van der Waals surface area contributed by atoms with Crippen LogP contribution < -0.4 is 0 Å². The van der Waals surface area contributed by atoms with Gasteiger partial charge in [-0.2, -0.15) is 0 Å². The number of carboxylic acid groups (broad SMARTS) is 1. The van der Waals surface area contributed by atoms with Crippen molar-refractivity contribution < 1.29 is 15.0 Å². The molecule has 0 aromatic rings. The van der Waals surface area contributed by atoms with Gasteiger partial charge in [-0.1, -0.05) is 0 Å². The van der Waals surface area contributed by atoms with E-state index in [0.29, 0.717) is 13.0 Å². The van der Waals surface area contributed by atoms with Crippen molar-refractivity contribution in [3.8, 4) is 0 Å². The highest BCUT2D eigenvalue weighted by Crippen LogP contribution is 2.16. The van der Waals surface area contributed by atoms with E-state index in [0.717, 1.165) is 0 Å². The topological polar surface area (TPSA) is 60.8 Å². The minimum Gasteiger partial charge on any atom is -0.465 e. The summed E-state index contributed by atoms with van der Waals surface area (Å²) in [6.45, 7) is 2.17. The predicted molar refractivity (Wildman–Crippen MR) is 34.8 cm³/mol. The molecule has 0 aromatic carbocycles. The van der Waals surface area contributed by atoms with Gasteiger partial charge >= 0.3 is 6.09 Å². The molecule has 0 saturated carbocycles. The van der Waals surface area contributed by atoms with Crippen molar-refractivity contribution >= 4 is 6.09 Å². The fourth-order valence-electron chi connectivity index (χ4n) is 1.19. The summed E-state index contributed by atoms with van der Waals surface area (Å²) in [5, 5.41) is 17.6. The molecular formula is C6H11NO3. The number of carbonyl (C=O) groups is 1. The molecule has 10 heavy (non-hydrogen) atoms. The standard InChI is InChI=1S/C6H11NO3/c1-4-5(8)2-3-7(4)6(9)10/h4-5,8H,2-3H2,1H3,(H,9,10)/t4-,5-/m1/s1. The van der Waals surface area contributed by atoms with Crippen molar-refractivity contribution in [2.75, 3.05) is 6.54 Å². The quantitative estimate of drug-likeness (QED) is 0.509. The number of rotatable bonds is 0. The highest BCUT2D eigenvalue weighted by Gasteiger charge is 2.31. The molecule has 1 amide bonds. The van der Waals surface area contributed by atoms with E-state index in [-0.39, 0.29) is 6.04 Å². The van der Waals surface area contributed by atoms with Crippen LogP contribution in [0.25, 0.3) is 0 Å². The van der Waals surface area contributed by atoms with Crippen LogP contribution >= 0.6 is 0 Å². The number of aliphatic hydroxyl groups excluding tert-OH is 1. The number of hydrogen-bond acceptors (Lipinski definition) is 2. The summed E-state index contributed by atoms with van der Waals surface area (Å²) >= 11 is 0. The number of amides is 1. The van der Waals surface area contributed by atoms with Gasteiger partial charge in [0.05, 0.1) is 12.1 Å². The highest BCUT2D eigenvalue weighted by atomic mass is 16.4. The monoisotopic (exact) mass is 145 g/mol. The zero-order valence-corrected chi connectivity index (χ0v) is 5.82. The van der Waals surface area contributed by atoms with Gasteiger partial charge in [0, 0.05) is 6.54 Å². The average molecular weight is 145 g/mol. The summed E-state index contributed by atoms with van der Waals surface area (Å²) in [6.07, 6.45) is -0.854. The molecule has 4 nitrogen and oxygen atoms in total. The fourth-order valence-corrected chi connectivity index (χ4v) is 1.19. The number of hydrogen-bond donors (Lipinski definition) is 2. The van der Waals surface area contributed by atoms with Crippen LogP contribution in [-0.2, 0) is 0 Å². The summed E-state index contributed by atoms with van der Waals surface area (Å²) in [7, 11) is 0. The van der Waals surface area contributed by atoms with Gasteiger partial charge in [-0.15, -0.1) is 0 Å². The van der Waals surface area contributed by atoms with Crippen molar-refractivity contribution in [3.05, 3.63) is 0 Å². The molecule has 1 rings (SSSR count). The van der Waals surface area contributed by atoms with Crippen LogP contribution in [0.4, 0.5) is 4.79 Å². The molecule has 0 spiro atoms. The molecule has 1 heterocycles. The third-order valence-electron chi connectivity index (χ3n) is 1.96. The minimum atomic E-state index is -0.941. The Morgan fingerprint density at radius 3 is 2.50 bits per heavy atom. The van der Waals surface area contributed by atoms with Gasteiger partial charge in [0.25, 0.3) is 0 Å². The first-order valence-corrected chi connectivity index (χ1v) is 3.30. The lowest BCUT2D eigenvalue weighted by Gasteiger charge is -2.18. The van der Waals surface area contributed by atoms with Gasteiger partial charge < -0.3 is 15.1 Å². The van der Waals surface area contributed by atoms with Crippen LogP contribution in [0.5, 0.6) is 0 Å². The van der Waals surface area contributed by atoms with Crippen LogP contribution in [0.15, 0.2) is 0 Å². The van der Waals surface area contributed by atoms with Crippen molar-refractivity contribution in [2.24, 2.45) is 0 Å². The van der Waals surface area contributed by atoms with E-state index in [1.165, 1.54) is 4.90 Å². The van der Waals surface area contributed by atoms with Gasteiger partial charge in [-0.05, 0) is 13.3 Å². The van der Waals surface area contributed by atoms with E-state index in [1.54, 1.807) is 6.92 Å². The number of likely N-dealkylation sites (tertiary alicyclic amines) is 1. The number of aliphatic hydroxyl groups is 1. The average Bonchev–Trinajstić information content (AvgIpc) is 2.14. The lowest BCUT2D eigenvalue weighted by atomic mass is 10.2. The summed E-state index contributed by atoms with van der Waals surface area (Å²) in [5.74, 6) is 0. The maximum absolute atomic E-state index is 10.4. The molecule has 0 aliphatic carbocycles. The highest BCUT2D eigenvalue weighted by molar-refractivity contribution is 5.65. The molecule has 2 atom stereocenters. The van der Waals surface area contributed by atoms with E-state index >= 15 is 0 Å². The molecule has 1 saturated heterocycles. The summed E-state index contributed by atoms with van der Waals surface area (Å²) < 4.78 is 0. The van der Waals surface area contributed by atoms with E-state index < -0.39 is 12.2 Å².